The highest BCUT2D eigenvalue weighted by Gasteiger charge is 2.13. The topological polar surface area (TPSA) is 60.2 Å². The van der Waals surface area contributed by atoms with Crippen molar-refractivity contribution in [2.24, 2.45) is 5.73 Å². The maximum Gasteiger partial charge on any atom is 0.149 e. The minimum atomic E-state index is -3.05. The average Bonchev–Trinajstić information content (AvgIpc) is 2.06. The van der Waals surface area contributed by atoms with Crippen LogP contribution in [0.4, 0.5) is 0 Å². The average molecular weight is 248 g/mol. The zero-order chi connectivity index (χ0) is 11.6. The van der Waals surface area contributed by atoms with Gasteiger partial charge in [0.1, 0.15) is 9.84 Å². The molecule has 15 heavy (non-hydrogen) atoms. The third kappa shape index (κ3) is 3.81. The summed E-state index contributed by atoms with van der Waals surface area (Å²) in [5.74, 6) is -0.0475. The maximum atomic E-state index is 11.1. The second kappa shape index (κ2) is 4.51. The van der Waals surface area contributed by atoms with Crippen LogP contribution in [0.3, 0.4) is 0 Å². The third-order valence-electron chi connectivity index (χ3n) is 2.09. The lowest BCUT2D eigenvalue weighted by molar-refractivity contribution is 0.594. The summed E-state index contributed by atoms with van der Waals surface area (Å²) in [6, 6.07) is 4.81. The van der Waals surface area contributed by atoms with Crippen molar-refractivity contribution in [2.45, 2.75) is 13.0 Å². The summed E-state index contributed by atoms with van der Waals surface area (Å²) >= 11 is 5.86. The molecule has 0 aliphatic heterocycles. The molecular formula is C10H14ClNO2S. The number of aryl methyl sites for hydroxylation is 1. The molecule has 0 heterocycles. The van der Waals surface area contributed by atoms with E-state index in [0.29, 0.717) is 5.02 Å². The van der Waals surface area contributed by atoms with Crippen LogP contribution in [0.25, 0.3) is 0 Å². The summed E-state index contributed by atoms with van der Waals surface area (Å²) in [6.07, 6.45) is 1.18. The first-order chi connectivity index (χ1) is 6.79. The largest absolute Gasteiger partial charge is 0.323 e. The van der Waals surface area contributed by atoms with Crippen LogP contribution in [0.2, 0.25) is 5.02 Å². The van der Waals surface area contributed by atoms with Crippen molar-refractivity contribution in [3.63, 3.8) is 0 Å². The van der Waals surface area contributed by atoms with Crippen LogP contribution in [-0.4, -0.2) is 20.4 Å². The molecule has 0 aromatic heterocycles. The Morgan fingerprint density at radius 2 is 2.07 bits per heavy atom. The van der Waals surface area contributed by atoms with E-state index in [-0.39, 0.29) is 5.75 Å². The fourth-order valence-electron chi connectivity index (χ4n) is 1.32. The predicted octanol–water partition coefficient (Wildman–Crippen LogP) is 1.69. The Morgan fingerprint density at radius 1 is 1.47 bits per heavy atom. The van der Waals surface area contributed by atoms with E-state index in [1.807, 2.05) is 13.0 Å². The number of hydrogen-bond donors (Lipinski definition) is 1. The summed E-state index contributed by atoms with van der Waals surface area (Å²) in [6.45, 7) is 1.86. The number of sulfone groups is 1. The van der Waals surface area contributed by atoms with Crippen molar-refractivity contribution in [3.05, 3.63) is 34.3 Å². The zero-order valence-electron chi connectivity index (χ0n) is 8.70. The molecule has 1 aromatic carbocycles. The van der Waals surface area contributed by atoms with Gasteiger partial charge >= 0.3 is 0 Å². The van der Waals surface area contributed by atoms with E-state index < -0.39 is 15.9 Å². The first-order valence-electron chi connectivity index (χ1n) is 4.49. The van der Waals surface area contributed by atoms with E-state index in [0.717, 1.165) is 11.1 Å². The van der Waals surface area contributed by atoms with Crippen LogP contribution in [0.1, 0.15) is 17.2 Å². The number of rotatable bonds is 3. The van der Waals surface area contributed by atoms with Gasteiger partial charge in [0, 0.05) is 17.3 Å². The molecular weight excluding hydrogens is 234 g/mol. The van der Waals surface area contributed by atoms with E-state index in [2.05, 4.69) is 0 Å². The molecule has 0 bridgehead atoms. The van der Waals surface area contributed by atoms with Crippen molar-refractivity contribution >= 4 is 21.4 Å². The summed E-state index contributed by atoms with van der Waals surface area (Å²) < 4.78 is 22.1. The molecule has 0 aliphatic carbocycles. The predicted molar refractivity (Wildman–Crippen MR) is 62.8 cm³/mol. The number of nitrogens with two attached hydrogens (primary N) is 1. The van der Waals surface area contributed by atoms with Gasteiger partial charge < -0.3 is 5.73 Å². The Kier molecular flexibility index (Phi) is 3.76. The lowest BCUT2D eigenvalue weighted by Gasteiger charge is -2.11. The van der Waals surface area contributed by atoms with Gasteiger partial charge in [-0.25, -0.2) is 8.42 Å². The van der Waals surface area contributed by atoms with E-state index >= 15 is 0 Å². The Balaban J connectivity index is 2.92. The molecule has 0 radical (unpaired) electrons. The molecule has 0 amide bonds. The van der Waals surface area contributed by atoms with Crippen LogP contribution < -0.4 is 5.73 Å². The Hall–Kier alpha value is -0.580. The molecule has 1 rings (SSSR count). The van der Waals surface area contributed by atoms with Gasteiger partial charge in [-0.1, -0.05) is 23.7 Å². The Bertz CT molecular complexity index is 456. The molecule has 0 fully saturated rings. The highest BCUT2D eigenvalue weighted by atomic mass is 35.5. The van der Waals surface area contributed by atoms with E-state index in [1.54, 1.807) is 12.1 Å². The molecule has 1 unspecified atom stereocenters. The van der Waals surface area contributed by atoms with Gasteiger partial charge in [-0.15, -0.1) is 0 Å². The van der Waals surface area contributed by atoms with Gasteiger partial charge in [0.05, 0.1) is 5.75 Å². The molecule has 2 N–H and O–H groups in total. The standard InChI is InChI=1S/C10H14ClNO2S/c1-7-5-8(3-4-9(7)11)10(12)6-15(2,13)14/h3-5,10H,6,12H2,1-2H3. The molecule has 5 heteroatoms. The molecule has 0 saturated carbocycles. The smallest absolute Gasteiger partial charge is 0.149 e. The van der Waals surface area contributed by atoms with Crippen molar-refractivity contribution in [2.75, 3.05) is 12.0 Å². The summed E-state index contributed by atoms with van der Waals surface area (Å²) in [4.78, 5) is 0. The first kappa shape index (κ1) is 12.5. The fraction of sp³-hybridized carbons (Fsp3) is 0.400. The van der Waals surface area contributed by atoms with Gasteiger partial charge in [-0.3, -0.25) is 0 Å². The van der Waals surface area contributed by atoms with E-state index in [4.69, 9.17) is 17.3 Å². The number of halogens is 1. The van der Waals surface area contributed by atoms with Crippen molar-refractivity contribution in [1.82, 2.24) is 0 Å². The lowest BCUT2D eigenvalue weighted by atomic mass is 10.1. The minimum absolute atomic E-state index is 0.0475. The van der Waals surface area contributed by atoms with Crippen LogP contribution in [0.5, 0.6) is 0 Å². The van der Waals surface area contributed by atoms with Crippen molar-refractivity contribution in [3.8, 4) is 0 Å². The second-order valence-electron chi connectivity index (χ2n) is 3.71. The lowest BCUT2D eigenvalue weighted by Crippen LogP contribution is -2.20. The number of hydrogen-bond acceptors (Lipinski definition) is 3. The van der Waals surface area contributed by atoms with Gasteiger partial charge in [-0.05, 0) is 24.1 Å². The quantitative estimate of drug-likeness (QED) is 0.884. The fourth-order valence-corrected chi connectivity index (χ4v) is 2.28. The van der Waals surface area contributed by atoms with Crippen molar-refractivity contribution in [1.29, 1.82) is 0 Å². The second-order valence-corrected chi connectivity index (χ2v) is 6.30. The molecule has 0 spiro atoms. The van der Waals surface area contributed by atoms with Gasteiger partial charge in [0.15, 0.2) is 0 Å². The van der Waals surface area contributed by atoms with Gasteiger partial charge in [-0.2, -0.15) is 0 Å². The van der Waals surface area contributed by atoms with Crippen LogP contribution in [0, 0.1) is 6.92 Å². The third-order valence-corrected chi connectivity index (χ3v) is 3.48. The Labute approximate surface area is 95.2 Å². The molecule has 1 atom stereocenters. The van der Waals surface area contributed by atoms with E-state index in [1.165, 1.54) is 6.26 Å². The zero-order valence-corrected chi connectivity index (χ0v) is 10.3. The summed E-state index contributed by atoms with van der Waals surface area (Å²) in [5, 5.41) is 0.658. The van der Waals surface area contributed by atoms with Crippen LogP contribution >= 0.6 is 11.6 Å². The molecule has 84 valence electrons. The monoisotopic (exact) mass is 247 g/mol. The van der Waals surface area contributed by atoms with Gasteiger partial charge in [0.2, 0.25) is 0 Å². The maximum absolute atomic E-state index is 11.1. The number of benzene rings is 1. The molecule has 0 saturated heterocycles. The van der Waals surface area contributed by atoms with Crippen LogP contribution in [-0.2, 0) is 9.84 Å². The highest BCUT2D eigenvalue weighted by Crippen LogP contribution is 2.20. The molecule has 3 nitrogen and oxygen atoms in total. The van der Waals surface area contributed by atoms with E-state index in [9.17, 15) is 8.42 Å². The van der Waals surface area contributed by atoms with Gasteiger partial charge in [0.25, 0.3) is 0 Å². The summed E-state index contributed by atoms with van der Waals surface area (Å²) in [7, 11) is -3.05. The highest BCUT2D eigenvalue weighted by molar-refractivity contribution is 7.90. The Morgan fingerprint density at radius 3 is 2.53 bits per heavy atom. The van der Waals surface area contributed by atoms with Crippen molar-refractivity contribution < 1.29 is 8.42 Å². The first-order valence-corrected chi connectivity index (χ1v) is 6.93. The summed E-state index contributed by atoms with van der Waals surface area (Å²) in [5.41, 5.74) is 7.47. The molecule has 1 aromatic rings. The SMILES string of the molecule is Cc1cc(C(N)CS(C)(=O)=O)ccc1Cl. The molecule has 0 aliphatic rings. The van der Waals surface area contributed by atoms with Crippen LogP contribution in [0.15, 0.2) is 18.2 Å². The normalized spacial score (nSPS) is 13.9. The minimum Gasteiger partial charge on any atom is -0.323 e.